The van der Waals surface area contributed by atoms with E-state index < -0.39 is 11.9 Å². The zero-order chi connectivity index (χ0) is 14.4. The maximum Gasteiger partial charge on any atom is 0.352 e. The van der Waals surface area contributed by atoms with Crippen molar-refractivity contribution in [3.05, 3.63) is 65.2 Å². The highest BCUT2D eigenvalue weighted by Crippen LogP contribution is 2.15. The first-order valence-electron chi connectivity index (χ1n) is 5.83. The summed E-state index contributed by atoms with van der Waals surface area (Å²) >= 11 is 5.72. The van der Waals surface area contributed by atoms with Crippen molar-refractivity contribution in [3.8, 4) is 5.75 Å². The minimum atomic E-state index is -0.756. The standard InChI is InChI=1S/C15H11ClO4/c16-12-6-8-13(9-7-12)19-10-14(17)20-15(18)11-4-2-1-3-5-11/h1-9H,10H2. The van der Waals surface area contributed by atoms with Crippen LogP contribution < -0.4 is 4.74 Å². The fraction of sp³-hybridized carbons (Fsp3) is 0.0667. The van der Waals surface area contributed by atoms with Crippen LogP contribution in [-0.2, 0) is 9.53 Å². The van der Waals surface area contributed by atoms with Crippen LogP contribution in [0, 0.1) is 0 Å². The molecule has 2 aromatic carbocycles. The zero-order valence-corrected chi connectivity index (χ0v) is 11.2. The lowest BCUT2D eigenvalue weighted by atomic mass is 10.2. The van der Waals surface area contributed by atoms with Crippen molar-refractivity contribution in [2.24, 2.45) is 0 Å². The molecule has 0 radical (unpaired) electrons. The fourth-order valence-electron chi connectivity index (χ4n) is 1.44. The predicted octanol–water partition coefficient (Wildman–Crippen LogP) is 3.10. The van der Waals surface area contributed by atoms with Crippen molar-refractivity contribution in [2.75, 3.05) is 6.61 Å². The number of hydrogen-bond donors (Lipinski definition) is 0. The van der Waals surface area contributed by atoms with Crippen LogP contribution in [-0.4, -0.2) is 18.5 Å². The van der Waals surface area contributed by atoms with Crippen LogP contribution in [0.4, 0.5) is 0 Å². The molecule has 2 aromatic rings. The van der Waals surface area contributed by atoms with Gasteiger partial charge in [0.1, 0.15) is 5.75 Å². The molecule has 0 aliphatic carbocycles. The second-order valence-electron chi connectivity index (χ2n) is 3.87. The second kappa shape index (κ2) is 6.73. The number of carbonyl (C=O) groups is 2. The first-order chi connectivity index (χ1) is 9.65. The lowest BCUT2D eigenvalue weighted by Gasteiger charge is -2.06. The van der Waals surface area contributed by atoms with E-state index in [1.54, 1.807) is 54.6 Å². The SMILES string of the molecule is O=C(COc1ccc(Cl)cc1)OC(=O)c1ccccc1. The quantitative estimate of drug-likeness (QED) is 0.641. The van der Waals surface area contributed by atoms with Crippen LogP contribution in [0.1, 0.15) is 10.4 Å². The summed E-state index contributed by atoms with van der Waals surface area (Å²) in [5.41, 5.74) is 0.312. The highest BCUT2D eigenvalue weighted by molar-refractivity contribution is 6.30. The maximum atomic E-state index is 11.6. The first kappa shape index (κ1) is 14.1. The van der Waals surface area contributed by atoms with Gasteiger partial charge in [-0.05, 0) is 36.4 Å². The Bertz CT molecular complexity index is 593. The lowest BCUT2D eigenvalue weighted by Crippen LogP contribution is -2.19. The van der Waals surface area contributed by atoms with Crippen LogP contribution in [0.25, 0.3) is 0 Å². The van der Waals surface area contributed by atoms with Gasteiger partial charge in [-0.3, -0.25) is 0 Å². The number of rotatable bonds is 4. The summed E-state index contributed by atoms with van der Waals surface area (Å²) in [5, 5.41) is 0.569. The van der Waals surface area contributed by atoms with Gasteiger partial charge in [-0.15, -0.1) is 0 Å². The van der Waals surface area contributed by atoms with Crippen molar-refractivity contribution < 1.29 is 19.1 Å². The maximum absolute atomic E-state index is 11.6. The molecule has 0 atom stereocenters. The Labute approximate surface area is 120 Å². The summed E-state index contributed by atoms with van der Waals surface area (Å²) in [6.07, 6.45) is 0. The Hall–Kier alpha value is -2.33. The molecule has 0 saturated carbocycles. The van der Waals surface area contributed by atoms with Crippen LogP contribution in [0.15, 0.2) is 54.6 Å². The molecule has 0 spiro atoms. The Balaban J connectivity index is 1.84. The highest BCUT2D eigenvalue weighted by Gasteiger charge is 2.13. The smallest absolute Gasteiger partial charge is 0.352 e. The average molecular weight is 291 g/mol. The van der Waals surface area contributed by atoms with E-state index in [4.69, 9.17) is 16.3 Å². The summed E-state index contributed by atoms with van der Waals surface area (Å²) in [6.45, 7) is -0.347. The van der Waals surface area contributed by atoms with E-state index >= 15 is 0 Å². The topological polar surface area (TPSA) is 52.6 Å². The van der Waals surface area contributed by atoms with Gasteiger partial charge in [0.15, 0.2) is 6.61 Å². The predicted molar refractivity (Wildman–Crippen MR) is 73.8 cm³/mol. The van der Waals surface area contributed by atoms with Crippen molar-refractivity contribution in [1.29, 1.82) is 0 Å². The summed E-state index contributed by atoms with van der Waals surface area (Å²) in [7, 11) is 0. The van der Waals surface area contributed by atoms with E-state index in [1.807, 2.05) is 0 Å². The number of halogens is 1. The van der Waals surface area contributed by atoms with Gasteiger partial charge in [-0.1, -0.05) is 29.8 Å². The average Bonchev–Trinajstić information content (AvgIpc) is 2.47. The first-order valence-corrected chi connectivity index (χ1v) is 6.21. The minimum absolute atomic E-state index is 0.312. The molecule has 0 unspecified atom stereocenters. The fourth-order valence-corrected chi connectivity index (χ4v) is 1.57. The van der Waals surface area contributed by atoms with E-state index in [2.05, 4.69) is 4.74 Å². The normalized spacial score (nSPS) is 9.85. The van der Waals surface area contributed by atoms with E-state index in [0.717, 1.165) is 0 Å². The lowest BCUT2D eigenvalue weighted by molar-refractivity contribution is -0.140. The van der Waals surface area contributed by atoms with Crippen LogP contribution in [0.2, 0.25) is 5.02 Å². The van der Waals surface area contributed by atoms with Gasteiger partial charge in [-0.25, -0.2) is 9.59 Å². The van der Waals surface area contributed by atoms with Gasteiger partial charge in [-0.2, -0.15) is 0 Å². The molecule has 5 heteroatoms. The Morgan fingerprint density at radius 3 is 2.25 bits per heavy atom. The van der Waals surface area contributed by atoms with Crippen LogP contribution in [0.5, 0.6) is 5.75 Å². The molecule has 4 nitrogen and oxygen atoms in total. The summed E-state index contributed by atoms with van der Waals surface area (Å²) < 4.78 is 9.83. The minimum Gasteiger partial charge on any atom is -0.482 e. The summed E-state index contributed by atoms with van der Waals surface area (Å²) in [5.74, 6) is -0.984. The molecule has 0 aromatic heterocycles. The van der Waals surface area contributed by atoms with Crippen molar-refractivity contribution >= 4 is 23.5 Å². The molecule has 0 fully saturated rings. The van der Waals surface area contributed by atoms with E-state index in [0.29, 0.717) is 16.3 Å². The molecule has 2 rings (SSSR count). The number of benzene rings is 2. The molecule has 20 heavy (non-hydrogen) atoms. The molecular formula is C15H11ClO4. The summed E-state index contributed by atoms with van der Waals surface area (Å²) in [6, 6.07) is 14.8. The molecule has 0 heterocycles. The van der Waals surface area contributed by atoms with Crippen LogP contribution in [0.3, 0.4) is 0 Å². The van der Waals surface area contributed by atoms with Gasteiger partial charge in [0.05, 0.1) is 5.56 Å². The second-order valence-corrected chi connectivity index (χ2v) is 4.31. The summed E-state index contributed by atoms with van der Waals surface area (Å²) in [4.78, 5) is 23.1. The number of esters is 2. The Morgan fingerprint density at radius 1 is 0.950 bits per heavy atom. The number of hydrogen-bond acceptors (Lipinski definition) is 4. The van der Waals surface area contributed by atoms with Crippen LogP contribution >= 0.6 is 11.6 Å². The van der Waals surface area contributed by atoms with Gasteiger partial charge in [0, 0.05) is 5.02 Å². The van der Waals surface area contributed by atoms with Crippen molar-refractivity contribution in [1.82, 2.24) is 0 Å². The third-order valence-corrected chi connectivity index (χ3v) is 2.64. The van der Waals surface area contributed by atoms with Crippen molar-refractivity contribution in [3.63, 3.8) is 0 Å². The molecule has 102 valence electrons. The van der Waals surface area contributed by atoms with Gasteiger partial charge in [0.2, 0.25) is 0 Å². The molecule has 0 amide bonds. The zero-order valence-electron chi connectivity index (χ0n) is 10.4. The molecular weight excluding hydrogens is 280 g/mol. The molecule has 0 N–H and O–H groups in total. The third-order valence-electron chi connectivity index (χ3n) is 2.39. The largest absolute Gasteiger partial charge is 0.482 e. The van der Waals surface area contributed by atoms with Gasteiger partial charge in [0.25, 0.3) is 0 Å². The Kier molecular flexibility index (Phi) is 4.74. The monoisotopic (exact) mass is 290 g/mol. The molecule has 0 aliphatic heterocycles. The van der Waals surface area contributed by atoms with Gasteiger partial charge >= 0.3 is 11.9 Å². The molecule has 0 bridgehead atoms. The highest BCUT2D eigenvalue weighted by atomic mass is 35.5. The van der Waals surface area contributed by atoms with Crippen molar-refractivity contribution in [2.45, 2.75) is 0 Å². The van der Waals surface area contributed by atoms with E-state index in [9.17, 15) is 9.59 Å². The van der Waals surface area contributed by atoms with Gasteiger partial charge < -0.3 is 9.47 Å². The number of ether oxygens (including phenoxy) is 2. The third kappa shape index (κ3) is 4.10. The molecule has 0 saturated heterocycles. The number of carbonyl (C=O) groups excluding carboxylic acids is 2. The van der Waals surface area contributed by atoms with E-state index in [1.165, 1.54) is 0 Å². The molecule has 0 aliphatic rings. The van der Waals surface area contributed by atoms with E-state index in [-0.39, 0.29) is 6.61 Å². The Morgan fingerprint density at radius 2 is 1.60 bits per heavy atom.